The maximum absolute atomic E-state index is 11.7. The van der Waals surface area contributed by atoms with Crippen LogP contribution in [0.15, 0.2) is 30.5 Å². The molecule has 0 aromatic heterocycles. The SMILES string of the molecule is COc1ccc(C(=O)/C=C/N(C)C)cc1Cl. The van der Waals surface area contributed by atoms with Crippen molar-refractivity contribution in [2.75, 3.05) is 21.2 Å². The van der Waals surface area contributed by atoms with Crippen molar-refractivity contribution in [2.45, 2.75) is 0 Å². The van der Waals surface area contributed by atoms with Gasteiger partial charge in [-0.2, -0.15) is 0 Å². The molecule has 0 spiro atoms. The van der Waals surface area contributed by atoms with E-state index in [1.807, 2.05) is 14.1 Å². The molecule has 0 saturated heterocycles. The lowest BCUT2D eigenvalue weighted by Crippen LogP contribution is -2.03. The van der Waals surface area contributed by atoms with E-state index < -0.39 is 0 Å². The van der Waals surface area contributed by atoms with E-state index in [2.05, 4.69) is 0 Å². The van der Waals surface area contributed by atoms with Gasteiger partial charge in [0.25, 0.3) is 0 Å². The molecule has 1 aromatic rings. The zero-order valence-corrected chi connectivity index (χ0v) is 10.3. The fraction of sp³-hybridized carbons (Fsp3) is 0.250. The van der Waals surface area contributed by atoms with Gasteiger partial charge in [0.05, 0.1) is 12.1 Å². The molecule has 16 heavy (non-hydrogen) atoms. The maximum Gasteiger partial charge on any atom is 0.187 e. The Kier molecular flexibility index (Phi) is 4.38. The Bertz CT molecular complexity index is 413. The Hall–Kier alpha value is -1.48. The minimum Gasteiger partial charge on any atom is -0.495 e. The van der Waals surface area contributed by atoms with Crippen LogP contribution in [0.25, 0.3) is 0 Å². The lowest BCUT2D eigenvalue weighted by Gasteiger charge is -2.05. The summed E-state index contributed by atoms with van der Waals surface area (Å²) in [5.74, 6) is 0.480. The first-order valence-corrected chi connectivity index (χ1v) is 5.15. The summed E-state index contributed by atoms with van der Waals surface area (Å²) >= 11 is 5.92. The number of hydrogen-bond donors (Lipinski definition) is 0. The average Bonchev–Trinajstić information content (AvgIpc) is 2.25. The van der Waals surface area contributed by atoms with Crippen molar-refractivity contribution in [2.24, 2.45) is 0 Å². The Labute approximate surface area is 100 Å². The van der Waals surface area contributed by atoms with Crippen molar-refractivity contribution >= 4 is 17.4 Å². The lowest BCUT2D eigenvalue weighted by atomic mass is 10.1. The fourth-order valence-corrected chi connectivity index (χ4v) is 1.39. The second-order valence-corrected chi connectivity index (χ2v) is 3.90. The summed E-state index contributed by atoms with van der Waals surface area (Å²) < 4.78 is 5.01. The maximum atomic E-state index is 11.7. The average molecular weight is 240 g/mol. The predicted molar refractivity (Wildman–Crippen MR) is 65.2 cm³/mol. The third-order valence-electron chi connectivity index (χ3n) is 1.96. The molecular weight excluding hydrogens is 226 g/mol. The molecule has 0 N–H and O–H groups in total. The summed E-state index contributed by atoms with van der Waals surface area (Å²) in [5, 5.41) is 0.437. The molecule has 0 aliphatic rings. The van der Waals surface area contributed by atoms with Crippen LogP contribution in [0.2, 0.25) is 5.02 Å². The highest BCUT2D eigenvalue weighted by molar-refractivity contribution is 6.32. The van der Waals surface area contributed by atoms with Gasteiger partial charge in [-0.05, 0) is 18.2 Å². The van der Waals surface area contributed by atoms with Crippen molar-refractivity contribution in [3.8, 4) is 5.75 Å². The zero-order valence-electron chi connectivity index (χ0n) is 9.53. The first-order chi connectivity index (χ1) is 7.54. The van der Waals surface area contributed by atoms with Crippen molar-refractivity contribution < 1.29 is 9.53 Å². The van der Waals surface area contributed by atoms with Gasteiger partial charge in [0.1, 0.15) is 5.75 Å². The molecule has 0 aliphatic heterocycles. The van der Waals surface area contributed by atoms with Crippen LogP contribution in [0.5, 0.6) is 5.75 Å². The summed E-state index contributed by atoms with van der Waals surface area (Å²) in [4.78, 5) is 13.5. The van der Waals surface area contributed by atoms with Gasteiger partial charge in [-0.3, -0.25) is 4.79 Å². The third kappa shape index (κ3) is 3.28. The van der Waals surface area contributed by atoms with Gasteiger partial charge in [-0.25, -0.2) is 0 Å². The van der Waals surface area contributed by atoms with E-state index in [0.29, 0.717) is 16.3 Å². The molecule has 0 fully saturated rings. The number of carbonyl (C=O) groups is 1. The molecule has 0 unspecified atom stereocenters. The largest absolute Gasteiger partial charge is 0.495 e. The molecule has 3 nitrogen and oxygen atoms in total. The summed E-state index contributed by atoms with van der Waals surface area (Å²) in [5.41, 5.74) is 0.545. The number of allylic oxidation sites excluding steroid dienone is 1. The van der Waals surface area contributed by atoms with Crippen LogP contribution in [-0.4, -0.2) is 31.9 Å². The summed E-state index contributed by atoms with van der Waals surface area (Å²) in [6, 6.07) is 4.97. The lowest BCUT2D eigenvalue weighted by molar-refractivity contribution is 0.104. The Morgan fingerprint density at radius 3 is 2.62 bits per heavy atom. The summed E-state index contributed by atoms with van der Waals surface area (Å²) in [6.07, 6.45) is 3.19. The minimum absolute atomic E-state index is 0.0850. The van der Waals surface area contributed by atoms with Crippen LogP contribution in [-0.2, 0) is 0 Å². The molecular formula is C12H14ClNO2. The molecule has 0 heterocycles. The van der Waals surface area contributed by atoms with Gasteiger partial charge in [0.2, 0.25) is 0 Å². The van der Waals surface area contributed by atoms with Gasteiger partial charge in [-0.15, -0.1) is 0 Å². The highest BCUT2D eigenvalue weighted by Gasteiger charge is 2.06. The van der Waals surface area contributed by atoms with E-state index in [0.717, 1.165) is 0 Å². The summed E-state index contributed by atoms with van der Waals surface area (Å²) in [6.45, 7) is 0. The van der Waals surface area contributed by atoms with E-state index in [4.69, 9.17) is 16.3 Å². The van der Waals surface area contributed by atoms with E-state index in [9.17, 15) is 4.79 Å². The quantitative estimate of drug-likeness (QED) is 0.598. The Morgan fingerprint density at radius 1 is 1.44 bits per heavy atom. The number of nitrogens with zero attached hydrogens (tertiary/aromatic N) is 1. The van der Waals surface area contributed by atoms with E-state index >= 15 is 0 Å². The molecule has 0 bridgehead atoms. The monoisotopic (exact) mass is 239 g/mol. The number of ketones is 1. The number of ether oxygens (including phenoxy) is 1. The van der Waals surface area contributed by atoms with E-state index in [-0.39, 0.29) is 5.78 Å². The molecule has 0 atom stereocenters. The third-order valence-corrected chi connectivity index (χ3v) is 2.26. The molecule has 0 radical (unpaired) electrons. The van der Waals surface area contributed by atoms with Crippen molar-refractivity contribution in [3.63, 3.8) is 0 Å². The molecule has 86 valence electrons. The minimum atomic E-state index is -0.0850. The van der Waals surface area contributed by atoms with Crippen molar-refractivity contribution in [1.29, 1.82) is 0 Å². The zero-order chi connectivity index (χ0) is 12.1. The molecule has 1 aromatic carbocycles. The van der Waals surface area contributed by atoms with Gasteiger partial charge < -0.3 is 9.64 Å². The fourth-order valence-electron chi connectivity index (χ4n) is 1.13. The first-order valence-electron chi connectivity index (χ1n) is 4.77. The topological polar surface area (TPSA) is 29.5 Å². The van der Waals surface area contributed by atoms with Gasteiger partial charge in [0.15, 0.2) is 5.78 Å². The van der Waals surface area contributed by atoms with Crippen LogP contribution < -0.4 is 4.74 Å². The second kappa shape index (κ2) is 5.56. The first kappa shape index (κ1) is 12.6. The molecule has 4 heteroatoms. The van der Waals surface area contributed by atoms with E-state index in [1.165, 1.54) is 13.2 Å². The van der Waals surface area contributed by atoms with Gasteiger partial charge in [0, 0.05) is 31.9 Å². The molecule has 0 aliphatic carbocycles. The van der Waals surface area contributed by atoms with Crippen molar-refractivity contribution in [3.05, 3.63) is 41.1 Å². The molecule has 0 saturated carbocycles. The van der Waals surface area contributed by atoms with Crippen LogP contribution in [0, 0.1) is 0 Å². The highest BCUT2D eigenvalue weighted by Crippen LogP contribution is 2.25. The standard InChI is InChI=1S/C12H14ClNO2/c1-14(2)7-6-11(15)9-4-5-12(16-3)10(13)8-9/h4-8H,1-3H3/b7-6+. The predicted octanol–water partition coefficient (Wildman–Crippen LogP) is 2.61. The van der Waals surface area contributed by atoms with Crippen LogP contribution >= 0.6 is 11.6 Å². The molecule has 1 rings (SSSR count). The number of benzene rings is 1. The number of carbonyl (C=O) groups excluding carboxylic acids is 1. The number of methoxy groups -OCH3 is 1. The van der Waals surface area contributed by atoms with Crippen LogP contribution in [0.3, 0.4) is 0 Å². The van der Waals surface area contributed by atoms with Crippen LogP contribution in [0.1, 0.15) is 10.4 Å². The highest BCUT2D eigenvalue weighted by atomic mass is 35.5. The van der Waals surface area contributed by atoms with Crippen LogP contribution in [0.4, 0.5) is 0 Å². The second-order valence-electron chi connectivity index (χ2n) is 3.49. The molecule has 0 amide bonds. The van der Waals surface area contributed by atoms with Gasteiger partial charge >= 0.3 is 0 Å². The summed E-state index contributed by atoms with van der Waals surface area (Å²) in [7, 11) is 5.24. The number of hydrogen-bond acceptors (Lipinski definition) is 3. The number of rotatable bonds is 4. The van der Waals surface area contributed by atoms with Gasteiger partial charge in [-0.1, -0.05) is 11.6 Å². The van der Waals surface area contributed by atoms with Crippen molar-refractivity contribution in [1.82, 2.24) is 4.90 Å². The number of halogens is 1. The smallest absolute Gasteiger partial charge is 0.187 e. The Balaban J connectivity index is 2.89. The normalized spacial score (nSPS) is 10.5. The Morgan fingerprint density at radius 2 is 2.12 bits per heavy atom. The van der Waals surface area contributed by atoms with E-state index in [1.54, 1.807) is 29.3 Å².